The fraction of sp³-hybridized carbons (Fsp3) is 0.240. The van der Waals surface area contributed by atoms with Gasteiger partial charge >= 0.3 is 0 Å². The van der Waals surface area contributed by atoms with E-state index in [4.69, 9.17) is 0 Å². The number of anilines is 2. The molecular weight excluding hydrogens is 464 g/mol. The van der Waals surface area contributed by atoms with Crippen molar-refractivity contribution < 1.29 is 8.78 Å². The van der Waals surface area contributed by atoms with Crippen molar-refractivity contribution in [3.8, 4) is 11.1 Å². The molecule has 1 aliphatic rings. The van der Waals surface area contributed by atoms with Gasteiger partial charge in [-0.1, -0.05) is 6.07 Å². The Morgan fingerprint density at radius 1 is 0.833 bits per heavy atom. The van der Waals surface area contributed by atoms with Gasteiger partial charge in [-0.15, -0.1) is 0 Å². The molecule has 1 fully saturated rings. The molecule has 9 nitrogen and oxygen atoms in total. The highest BCUT2D eigenvalue weighted by atomic mass is 19.1. The molecule has 1 saturated heterocycles. The average molecular weight is 488 g/mol. The van der Waals surface area contributed by atoms with Gasteiger partial charge in [0.05, 0.1) is 6.20 Å². The van der Waals surface area contributed by atoms with Gasteiger partial charge in [0.25, 0.3) is 0 Å². The van der Waals surface area contributed by atoms with Crippen molar-refractivity contribution in [3.05, 3.63) is 84.3 Å². The van der Waals surface area contributed by atoms with Gasteiger partial charge in [-0.2, -0.15) is 10.2 Å². The minimum Gasteiger partial charge on any atom is -0.351 e. The second-order valence-electron chi connectivity index (χ2n) is 8.79. The zero-order valence-corrected chi connectivity index (χ0v) is 19.6. The number of halogens is 2. The van der Waals surface area contributed by atoms with Crippen LogP contribution >= 0.6 is 0 Å². The standard InChI is InChI=1S/C25H23F2N9/c1-33-14-19(13-31-33)18-10-23-24(30-16-32-36(23)15-18)34-5-7-35(8-6-34)25-28-11-17(12-29-25)9-20-21(26)3-2-4-22(20)27/h2-4,10-16H,5-9H2,1H3. The Morgan fingerprint density at radius 3 is 2.25 bits per heavy atom. The molecule has 1 aromatic carbocycles. The molecule has 182 valence electrons. The maximum atomic E-state index is 14.0. The van der Waals surface area contributed by atoms with Crippen molar-refractivity contribution in [2.75, 3.05) is 36.0 Å². The van der Waals surface area contributed by atoms with Gasteiger partial charge in [0.2, 0.25) is 5.95 Å². The first-order chi connectivity index (χ1) is 17.5. The molecule has 0 atom stereocenters. The zero-order valence-electron chi connectivity index (χ0n) is 19.6. The van der Waals surface area contributed by atoms with Crippen molar-refractivity contribution in [2.45, 2.75) is 6.42 Å². The molecule has 11 heteroatoms. The van der Waals surface area contributed by atoms with E-state index in [2.05, 4.69) is 41.0 Å². The fourth-order valence-electron chi connectivity index (χ4n) is 4.51. The number of hydrogen-bond donors (Lipinski definition) is 0. The molecule has 36 heavy (non-hydrogen) atoms. The van der Waals surface area contributed by atoms with Crippen LogP contribution in [0.3, 0.4) is 0 Å². The minimum atomic E-state index is -0.565. The van der Waals surface area contributed by atoms with Gasteiger partial charge in [-0.3, -0.25) is 4.68 Å². The fourth-order valence-corrected chi connectivity index (χ4v) is 4.51. The van der Waals surface area contributed by atoms with Gasteiger partial charge in [0.1, 0.15) is 23.5 Å². The lowest BCUT2D eigenvalue weighted by molar-refractivity contribution is 0.561. The topological polar surface area (TPSA) is 80.3 Å². The van der Waals surface area contributed by atoms with Gasteiger partial charge in [-0.05, 0) is 23.8 Å². The molecule has 0 bridgehead atoms. The third kappa shape index (κ3) is 4.12. The van der Waals surface area contributed by atoms with E-state index in [1.54, 1.807) is 23.4 Å². The smallest absolute Gasteiger partial charge is 0.225 e. The summed E-state index contributed by atoms with van der Waals surface area (Å²) < 4.78 is 31.5. The first-order valence-electron chi connectivity index (χ1n) is 11.6. The van der Waals surface area contributed by atoms with E-state index >= 15 is 0 Å². The first-order valence-corrected chi connectivity index (χ1v) is 11.6. The largest absolute Gasteiger partial charge is 0.351 e. The van der Waals surface area contributed by atoms with E-state index in [1.165, 1.54) is 18.2 Å². The van der Waals surface area contributed by atoms with Crippen molar-refractivity contribution in [1.29, 1.82) is 0 Å². The number of piperazine rings is 1. The normalized spacial score (nSPS) is 14.1. The second-order valence-corrected chi connectivity index (χ2v) is 8.79. The van der Waals surface area contributed by atoms with Crippen molar-refractivity contribution in [3.63, 3.8) is 0 Å². The van der Waals surface area contributed by atoms with Crippen molar-refractivity contribution in [1.82, 2.24) is 34.3 Å². The summed E-state index contributed by atoms with van der Waals surface area (Å²) >= 11 is 0. The molecule has 0 saturated carbocycles. The quantitative estimate of drug-likeness (QED) is 0.377. The third-order valence-electron chi connectivity index (χ3n) is 6.42. The van der Waals surface area contributed by atoms with Gasteiger partial charge in [0.15, 0.2) is 5.82 Å². The van der Waals surface area contributed by atoms with Crippen LogP contribution in [0.15, 0.2) is 61.6 Å². The first kappa shape index (κ1) is 22.1. The van der Waals surface area contributed by atoms with E-state index in [1.807, 2.05) is 30.2 Å². The Kier molecular flexibility index (Phi) is 5.51. The molecule has 4 aromatic heterocycles. The summed E-state index contributed by atoms with van der Waals surface area (Å²) in [5.41, 5.74) is 3.67. The summed E-state index contributed by atoms with van der Waals surface area (Å²) in [7, 11) is 1.89. The molecule has 6 rings (SSSR count). The number of rotatable bonds is 5. The van der Waals surface area contributed by atoms with Gasteiger partial charge in [0, 0.05) is 81.1 Å². The van der Waals surface area contributed by atoms with Crippen molar-refractivity contribution >= 4 is 17.3 Å². The predicted molar refractivity (Wildman–Crippen MR) is 131 cm³/mol. The summed E-state index contributed by atoms with van der Waals surface area (Å²) in [4.78, 5) is 17.8. The van der Waals surface area contributed by atoms with Crippen LogP contribution in [0.4, 0.5) is 20.5 Å². The van der Waals surface area contributed by atoms with Crippen LogP contribution in [0.1, 0.15) is 11.1 Å². The molecule has 5 aromatic rings. The van der Waals surface area contributed by atoms with E-state index < -0.39 is 11.6 Å². The molecule has 0 unspecified atom stereocenters. The van der Waals surface area contributed by atoms with E-state index in [9.17, 15) is 8.78 Å². The van der Waals surface area contributed by atoms with Crippen LogP contribution in [-0.4, -0.2) is 60.5 Å². The predicted octanol–water partition coefficient (Wildman–Crippen LogP) is 3.12. The molecule has 0 amide bonds. The lowest BCUT2D eigenvalue weighted by Gasteiger charge is -2.35. The Balaban J connectivity index is 1.15. The number of aromatic nitrogens is 7. The highest BCUT2D eigenvalue weighted by Crippen LogP contribution is 2.27. The Labute approximate surface area is 205 Å². The number of hydrogen-bond acceptors (Lipinski definition) is 7. The molecule has 5 heterocycles. The molecule has 0 spiro atoms. The highest BCUT2D eigenvalue weighted by molar-refractivity contribution is 5.77. The SMILES string of the molecule is Cn1cc(-c2cc3c(N4CCN(c5ncc(Cc6c(F)cccc6F)cn5)CC4)ncnn3c2)cn1. The van der Waals surface area contributed by atoms with E-state index in [-0.39, 0.29) is 12.0 Å². The lowest BCUT2D eigenvalue weighted by atomic mass is 10.1. The number of nitrogens with zero attached hydrogens (tertiary/aromatic N) is 9. The Hall–Kier alpha value is -4.41. The molecule has 0 radical (unpaired) electrons. The number of benzene rings is 1. The molecule has 1 aliphatic heterocycles. The summed E-state index contributed by atoms with van der Waals surface area (Å²) in [5.74, 6) is 0.346. The van der Waals surface area contributed by atoms with Crippen molar-refractivity contribution in [2.24, 2.45) is 7.05 Å². The van der Waals surface area contributed by atoms with Gasteiger partial charge in [-0.25, -0.2) is 28.2 Å². The van der Waals surface area contributed by atoms with Crippen LogP contribution in [0.25, 0.3) is 16.6 Å². The minimum absolute atomic E-state index is 0.0238. The molecular formula is C25H23F2N9. The number of aryl methyl sites for hydroxylation is 1. The van der Waals surface area contributed by atoms with E-state index in [0.29, 0.717) is 24.6 Å². The molecule has 0 aliphatic carbocycles. The Bertz CT molecular complexity index is 1500. The zero-order chi connectivity index (χ0) is 24.6. The summed E-state index contributed by atoms with van der Waals surface area (Å²) in [6.07, 6.45) is 10.7. The van der Waals surface area contributed by atoms with Crippen LogP contribution in [0.2, 0.25) is 0 Å². The lowest BCUT2D eigenvalue weighted by Crippen LogP contribution is -2.47. The highest BCUT2D eigenvalue weighted by Gasteiger charge is 2.22. The van der Waals surface area contributed by atoms with Crippen LogP contribution in [0.5, 0.6) is 0 Å². The summed E-state index contributed by atoms with van der Waals surface area (Å²) in [6, 6.07) is 5.95. The monoisotopic (exact) mass is 487 g/mol. The van der Waals surface area contributed by atoms with Crippen LogP contribution in [-0.2, 0) is 13.5 Å². The maximum absolute atomic E-state index is 14.0. The van der Waals surface area contributed by atoms with E-state index in [0.717, 1.165) is 35.6 Å². The van der Waals surface area contributed by atoms with Crippen LogP contribution in [0, 0.1) is 11.6 Å². The average Bonchev–Trinajstić information content (AvgIpc) is 3.53. The van der Waals surface area contributed by atoms with Gasteiger partial charge < -0.3 is 9.80 Å². The third-order valence-corrected chi connectivity index (χ3v) is 6.42. The number of fused-ring (bicyclic) bond motifs is 1. The maximum Gasteiger partial charge on any atom is 0.225 e. The molecule has 0 N–H and O–H groups in total. The van der Waals surface area contributed by atoms with Crippen LogP contribution < -0.4 is 9.80 Å². The summed E-state index contributed by atoms with van der Waals surface area (Å²) in [5, 5.41) is 8.63. The second kappa shape index (κ2) is 8.99. The summed E-state index contributed by atoms with van der Waals surface area (Å²) in [6.45, 7) is 2.92. The Morgan fingerprint density at radius 2 is 1.56 bits per heavy atom.